The van der Waals surface area contributed by atoms with Crippen LogP contribution in [0.3, 0.4) is 0 Å². The van der Waals surface area contributed by atoms with Crippen LogP contribution in [0.4, 0.5) is 0 Å². The maximum absolute atomic E-state index is 12.7. The fraction of sp³-hybridized carbons (Fsp3) is 0.300. The predicted molar refractivity (Wildman–Crippen MR) is 111 cm³/mol. The zero-order valence-electron chi connectivity index (χ0n) is 15.7. The van der Waals surface area contributed by atoms with Crippen molar-refractivity contribution in [2.75, 3.05) is 26.2 Å². The molecule has 0 radical (unpaired) electrons. The Balaban J connectivity index is 1.33. The minimum atomic E-state index is -3.32. The second-order valence-corrected chi connectivity index (χ2v) is 9.33. The second-order valence-electron chi connectivity index (χ2n) is 6.92. The normalized spacial score (nSPS) is 16.2. The van der Waals surface area contributed by atoms with Gasteiger partial charge in [0.05, 0.1) is 12.3 Å². The molecule has 4 rings (SSSR count). The van der Waals surface area contributed by atoms with Gasteiger partial charge in [0, 0.05) is 36.8 Å². The van der Waals surface area contributed by atoms with Gasteiger partial charge < -0.3 is 4.42 Å². The Morgan fingerprint density at radius 2 is 1.62 bits per heavy atom. The molecule has 3 aromatic rings. The van der Waals surface area contributed by atoms with Crippen molar-refractivity contribution >= 4 is 21.6 Å². The van der Waals surface area contributed by atoms with E-state index in [-0.39, 0.29) is 5.75 Å². The molecular formula is C20H21ClN4O3S. The van der Waals surface area contributed by atoms with Gasteiger partial charge in [0.25, 0.3) is 0 Å². The Bertz CT molecular complexity index is 1050. The average Bonchev–Trinajstić information content (AvgIpc) is 3.18. The number of sulfonamides is 1. The summed E-state index contributed by atoms with van der Waals surface area (Å²) in [5, 5.41) is 8.85. The lowest BCUT2D eigenvalue weighted by molar-refractivity contribution is 0.168. The molecule has 0 aliphatic carbocycles. The van der Waals surface area contributed by atoms with Gasteiger partial charge in [0.2, 0.25) is 21.8 Å². The summed E-state index contributed by atoms with van der Waals surface area (Å²) in [6.07, 6.45) is 0. The fourth-order valence-corrected chi connectivity index (χ4v) is 4.90. The highest BCUT2D eigenvalue weighted by atomic mass is 35.5. The predicted octanol–water partition coefficient (Wildman–Crippen LogP) is 3.04. The molecule has 0 atom stereocenters. The highest BCUT2D eigenvalue weighted by molar-refractivity contribution is 7.88. The summed E-state index contributed by atoms with van der Waals surface area (Å²) < 4.78 is 32.6. The Kier molecular flexibility index (Phi) is 5.96. The van der Waals surface area contributed by atoms with E-state index in [1.165, 1.54) is 0 Å². The summed E-state index contributed by atoms with van der Waals surface area (Å²) in [7, 11) is -3.32. The van der Waals surface area contributed by atoms with Crippen LogP contribution in [-0.4, -0.2) is 54.0 Å². The molecule has 0 unspecified atom stereocenters. The van der Waals surface area contributed by atoms with Crippen molar-refractivity contribution < 1.29 is 12.8 Å². The van der Waals surface area contributed by atoms with Crippen molar-refractivity contribution in [2.45, 2.75) is 12.3 Å². The smallest absolute Gasteiger partial charge is 0.247 e. The van der Waals surface area contributed by atoms with E-state index in [0.717, 1.165) is 11.1 Å². The van der Waals surface area contributed by atoms with E-state index >= 15 is 0 Å². The third-order valence-corrected chi connectivity index (χ3v) is 6.94. The van der Waals surface area contributed by atoms with E-state index in [1.807, 2.05) is 42.5 Å². The number of rotatable bonds is 6. The van der Waals surface area contributed by atoms with Gasteiger partial charge in [-0.1, -0.05) is 41.9 Å². The second kappa shape index (κ2) is 8.62. The minimum Gasteiger partial charge on any atom is -0.419 e. The van der Waals surface area contributed by atoms with Crippen LogP contribution in [0.5, 0.6) is 0 Å². The summed E-state index contributed by atoms with van der Waals surface area (Å²) in [5.74, 6) is 0.985. The maximum Gasteiger partial charge on any atom is 0.247 e. The zero-order valence-corrected chi connectivity index (χ0v) is 17.3. The molecule has 2 aromatic carbocycles. The number of nitrogens with zero attached hydrogens (tertiary/aromatic N) is 4. The molecule has 0 amide bonds. The first-order valence-corrected chi connectivity index (χ1v) is 11.3. The van der Waals surface area contributed by atoms with Gasteiger partial charge in [-0.05, 0) is 29.8 Å². The van der Waals surface area contributed by atoms with Gasteiger partial charge in [-0.15, -0.1) is 10.2 Å². The van der Waals surface area contributed by atoms with Crippen molar-refractivity contribution in [3.8, 4) is 11.5 Å². The van der Waals surface area contributed by atoms with Gasteiger partial charge in [-0.2, -0.15) is 4.31 Å². The lowest BCUT2D eigenvalue weighted by Crippen LogP contribution is -2.48. The number of benzene rings is 2. The third kappa shape index (κ3) is 5.02. The molecule has 0 bridgehead atoms. The van der Waals surface area contributed by atoms with Crippen LogP contribution in [-0.2, 0) is 22.3 Å². The van der Waals surface area contributed by atoms with Crippen LogP contribution >= 0.6 is 11.6 Å². The van der Waals surface area contributed by atoms with E-state index in [4.69, 9.17) is 16.0 Å². The molecule has 1 aliphatic rings. The fourth-order valence-electron chi connectivity index (χ4n) is 3.26. The van der Waals surface area contributed by atoms with Crippen molar-refractivity contribution in [1.82, 2.24) is 19.4 Å². The topological polar surface area (TPSA) is 79.5 Å². The molecule has 1 fully saturated rings. The number of halogens is 1. The molecule has 0 spiro atoms. The Hall–Kier alpha value is -2.26. The summed E-state index contributed by atoms with van der Waals surface area (Å²) in [5.41, 5.74) is 1.61. The molecule has 9 heteroatoms. The molecule has 0 N–H and O–H groups in total. The first kappa shape index (κ1) is 20.0. The van der Waals surface area contributed by atoms with Crippen LogP contribution in [0.1, 0.15) is 11.5 Å². The van der Waals surface area contributed by atoms with Crippen molar-refractivity contribution in [2.24, 2.45) is 0 Å². The Labute approximate surface area is 175 Å². The molecule has 152 valence electrons. The standard InChI is InChI=1S/C20H21ClN4O3S/c21-18-8-6-17(7-9-18)20-23-22-19(28-20)14-24-10-12-25(13-11-24)29(26,27)15-16-4-2-1-3-5-16/h1-9H,10-15H2. The summed E-state index contributed by atoms with van der Waals surface area (Å²) in [6, 6.07) is 16.5. The van der Waals surface area contributed by atoms with Gasteiger partial charge in [0.1, 0.15) is 0 Å². The van der Waals surface area contributed by atoms with Crippen molar-refractivity contribution in [3.63, 3.8) is 0 Å². The molecule has 29 heavy (non-hydrogen) atoms. The van der Waals surface area contributed by atoms with Crippen molar-refractivity contribution in [3.05, 3.63) is 71.1 Å². The van der Waals surface area contributed by atoms with Crippen LogP contribution < -0.4 is 0 Å². The van der Waals surface area contributed by atoms with E-state index in [9.17, 15) is 8.42 Å². The number of hydrogen-bond acceptors (Lipinski definition) is 6. The monoisotopic (exact) mass is 432 g/mol. The quantitative estimate of drug-likeness (QED) is 0.595. The minimum absolute atomic E-state index is 0.0297. The van der Waals surface area contributed by atoms with Crippen LogP contribution in [0.25, 0.3) is 11.5 Å². The molecule has 1 saturated heterocycles. The molecule has 1 aliphatic heterocycles. The van der Waals surface area contributed by atoms with Crippen LogP contribution in [0.2, 0.25) is 5.02 Å². The highest BCUT2D eigenvalue weighted by Crippen LogP contribution is 2.21. The highest BCUT2D eigenvalue weighted by Gasteiger charge is 2.27. The van der Waals surface area contributed by atoms with Gasteiger partial charge in [-0.25, -0.2) is 8.42 Å². The lowest BCUT2D eigenvalue weighted by Gasteiger charge is -2.33. The summed E-state index contributed by atoms with van der Waals surface area (Å²) in [6.45, 7) is 2.63. The Morgan fingerprint density at radius 1 is 0.931 bits per heavy atom. The number of hydrogen-bond donors (Lipinski definition) is 0. The number of aromatic nitrogens is 2. The first-order chi connectivity index (χ1) is 14.0. The van der Waals surface area contributed by atoms with Gasteiger partial charge >= 0.3 is 0 Å². The molecule has 0 saturated carbocycles. The van der Waals surface area contributed by atoms with E-state index in [2.05, 4.69) is 15.1 Å². The average molecular weight is 433 g/mol. The summed E-state index contributed by atoms with van der Waals surface area (Å²) >= 11 is 5.90. The van der Waals surface area contributed by atoms with Gasteiger partial charge in [0.15, 0.2) is 0 Å². The lowest BCUT2D eigenvalue weighted by atomic mass is 10.2. The zero-order chi connectivity index (χ0) is 20.3. The first-order valence-electron chi connectivity index (χ1n) is 9.32. The number of piperazine rings is 1. The largest absolute Gasteiger partial charge is 0.419 e. The molecule has 2 heterocycles. The Morgan fingerprint density at radius 3 is 2.31 bits per heavy atom. The van der Waals surface area contributed by atoms with Gasteiger partial charge in [-0.3, -0.25) is 4.90 Å². The van der Waals surface area contributed by atoms with E-state index in [1.54, 1.807) is 16.4 Å². The molecule has 7 nitrogen and oxygen atoms in total. The van der Waals surface area contributed by atoms with Crippen LogP contribution in [0, 0.1) is 0 Å². The van der Waals surface area contributed by atoms with Crippen LogP contribution in [0.15, 0.2) is 59.0 Å². The summed E-state index contributed by atoms with van der Waals surface area (Å²) in [4.78, 5) is 2.12. The third-order valence-electron chi connectivity index (χ3n) is 4.83. The molecular weight excluding hydrogens is 412 g/mol. The van der Waals surface area contributed by atoms with E-state index < -0.39 is 10.0 Å². The van der Waals surface area contributed by atoms with Crippen molar-refractivity contribution in [1.29, 1.82) is 0 Å². The SMILES string of the molecule is O=S(=O)(Cc1ccccc1)N1CCN(Cc2nnc(-c3ccc(Cl)cc3)o2)CC1. The maximum atomic E-state index is 12.7. The molecule has 1 aromatic heterocycles. The van der Waals surface area contributed by atoms with E-state index in [0.29, 0.717) is 49.5 Å².